The molecular weight excluding hydrogens is 405 g/mol. The third-order valence-corrected chi connectivity index (χ3v) is 7.80. The van der Waals surface area contributed by atoms with Crippen LogP contribution in [0.15, 0.2) is 23.1 Å². The van der Waals surface area contributed by atoms with Gasteiger partial charge in [0.15, 0.2) is 0 Å². The van der Waals surface area contributed by atoms with Gasteiger partial charge >= 0.3 is 0 Å². The molecule has 2 aliphatic heterocycles. The number of amides is 1. The normalized spacial score (nSPS) is 25.1. The Bertz CT molecular complexity index is 818. The molecular formula is C19H27ClFN3O3S. The first-order chi connectivity index (χ1) is 13.2. The smallest absolute Gasteiger partial charge is 0.244 e. The van der Waals surface area contributed by atoms with Crippen LogP contribution in [0.1, 0.15) is 20.3 Å². The molecule has 2 aliphatic rings. The second-order valence-corrected chi connectivity index (χ2v) is 10.3. The lowest BCUT2D eigenvalue weighted by Gasteiger charge is -2.38. The Morgan fingerprint density at radius 3 is 2.32 bits per heavy atom. The molecule has 0 aliphatic carbocycles. The van der Waals surface area contributed by atoms with Crippen molar-refractivity contribution in [2.24, 2.45) is 11.8 Å². The summed E-state index contributed by atoms with van der Waals surface area (Å²) in [6.45, 7) is 7.73. The van der Waals surface area contributed by atoms with Gasteiger partial charge in [0.2, 0.25) is 15.9 Å². The molecule has 0 saturated carbocycles. The third-order valence-electron chi connectivity index (χ3n) is 5.42. The molecule has 2 heterocycles. The first-order valence-corrected chi connectivity index (χ1v) is 11.4. The summed E-state index contributed by atoms with van der Waals surface area (Å²) < 4.78 is 40.1. The fraction of sp³-hybridized carbons (Fsp3) is 0.632. The fourth-order valence-electron chi connectivity index (χ4n) is 4.11. The second kappa shape index (κ2) is 8.65. The lowest BCUT2D eigenvalue weighted by Crippen LogP contribution is -2.52. The Balaban J connectivity index is 1.57. The van der Waals surface area contributed by atoms with E-state index in [2.05, 4.69) is 13.8 Å². The first-order valence-electron chi connectivity index (χ1n) is 9.62. The molecule has 1 amide bonds. The van der Waals surface area contributed by atoms with E-state index in [1.54, 1.807) is 0 Å². The number of benzene rings is 1. The zero-order chi connectivity index (χ0) is 20.5. The van der Waals surface area contributed by atoms with Gasteiger partial charge in [0.25, 0.3) is 0 Å². The van der Waals surface area contributed by atoms with Crippen molar-refractivity contribution >= 4 is 27.5 Å². The highest BCUT2D eigenvalue weighted by Crippen LogP contribution is 2.26. The lowest BCUT2D eigenvalue weighted by molar-refractivity contribution is -0.135. The SMILES string of the molecule is C[C@@H]1C[C@H](C)CN(C(=O)CN2CCN(S(=O)(=O)c3ccc(F)cc3Cl)CC2)C1. The van der Waals surface area contributed by atoms with Gasteiger partial charge in [-0.15, -0.1) is 0 Å². The number of piperidine rings is 1. The highest BCUT2D eigenvalue weighted by molar-refractivity contribution is 7.89. The highest BCUT2D eigenvalue weighted by Gasteiger charge is 2.32. The van der Waals surface area contributed by atoms with Crippen molar-refractivity contribution in [2.45, 2.75) is 25.2 Å². The molecule has 2 atom stereocenters. The van der Waals surface area contributed by atoms with Gasteiger partial charge in [0.1, 0.15) is 10.7 Å². The van der Waals surface area contributed by atoms with Gasteiger partial charge in [0, 0.05) is 39.3 Å². The van der Waals surface area contributed by atoms with E-state index >= 15 is 0 Å². The summed E-state index contributed by atoms with van der Waals surface area (Å²) in [4.78, 5) is 16.5. The summed E-state index contributed by atoms with van der Waals surface area (Å²) in [6, 6.07) is 3.29. The number of hydrogen-bond acceptors (Lipinski definition) is 4. The van der Waals surface area contributed by atoms with Gasteiger partial charge < -0.3 is 4.90 Å². The quantitative estimate of drug-likeness (QED) is 0.733. The van der Waals surface area contributed by atoms with Crippen LogP contribution in [-0.4, -0.2) is 74.2 Å². The zero-order valence-electron chi connectivity index (χ0n) is 16.3. The van der Waals surface area contributed by atoms with Gasteiger partial charge in [-0.25, -0.2) is 12.8 Å². The molecule has 0 aromatic heterocycles. The minimum Gasteiger partial charge on any atom is -0.341 e. The number of rotatable bonds is 4. The molecule has 9 heteroatoms. The third kappa shape index (κ3) is 4.84. The van der Waals surface area contributed by atoms with Crippen molar-refractivity contribution in [3.05, 3.63) is 29.0 Å². The van der Waals surface area contributed by atoms with Crippen molar-refractivity contribution in [3.63, 3.8) is 0 Å². The topological polar surface area (TPSA) is 60.9 Å². The summed E-state index contributed by atoms with van der Waals surface area (Å²) in [5.74, 6) is 0.551. The van der Waals surface area contributed by atoms with Crippen LogP contribution in [0.5, 0.6) is 0 Å². The fourth-order valence-corrected chi connectivity index (χ4v) is 6.04. The predicted octanol–water partition coefficient (Wildman–Crippen LogP) is 2.29. The molecule has 1 aromatic rings. The Kier molecular flexibility index (Phi) is 6.64. The Morgan fingerprint density at radius 1 is 1.14 bits per heavy atom. The monoisotopic (exact) mass is 431 g/mol. The van der Waals surface area contributed by atoms with Crippen LogP contribution < -0.4 is 0 Å². The van der Waals surface area contributed by atoms with E-state index in [-0.39, 0.29) is 28.9 Å². The summed E-state index contributed by atoms with van der Waals surface area (Å²) >= 11 is 5.93. The largest absolute Gasteiger partial charge is 0.341 e. The molecule has 0 unspecified atom stereocenters. The van der Waals surface area contributed by atoms with E-state index < -0.39 is 15.8 Å². The van der Waals surface area contributed by atoms with Crippen LogP contribution >= 0.6 is 11.6 Å². The Hall–Kier alpha value is -1.22. The maximum atomic E-state index is 13.2. The van der Waals surface area contributed by atoms with E-state index in [0.717, 1.165) is 31.6 Å². The van der Waals surface area contributed by atoms with Gasteiger partial charge in [-0.1, -0.05) is 25.4 Å². The minimum atomic E-state index is -3.78. The number of likely N-dealkylation sites (tertiary alicyclic amines) is 1. The van der Waals surface area contributed by atoms with Crippen LogP contribution in [-0.2, 0) is 14.8 Å². The van der Waals surface area contributed by atoms with Crippen molar-refractivity contribution in [1.82, 2.24) is 14.1 Å². The number of carbonyl (C=O) groups is 1. The lowest BCUT2D eigenvalue weighted by atomic mass is 9.92. The number of sulfonamides is 1. The van der Waals surface area contributed by atoms with E-state index in [4.69, 9.17) is 11.6 Å². The van der Waals surface area contributed by atoms with Gasteiger partial charge in [-0.3, -0.25) is 9.69 Å². The summed E-state index contributed by atoms with van der Waals surface area (Å²) in [7, 11) is -3.78. The van der Waals surface area contributed by atoms with Crippen LogP contribution in [0, 0.1) is 17.7 Å². The van der Waals surface area contributed by atoms with E-state index in [1.807, 2.05) is 9.80 Å². The first kappa shape index (κ1) is 21.5. The van der Waals surface area contributed by atoms with E-state index in [0.29, 0.717) is 31.5 Å². The Morgan fingerprint density at radius 2 is 1.75 bits per heavy atom. The van der Waals surface area contributed by atoms with E-state index in [9.17, 15) is 17.6 Å². The predicted molar refractivity (Wildman–Crippen MR) is 106 cm³/mol. The number of carbonyl (C=O) groups excluding carboxylic acids is 1. The molecule has 2 fully saturated rings. The van der Waals surface area contributed by atoms with Crippen molar-refractivity contribution in [3.8, 4) is 0 Å². The molecule has 3 rings (SSSR count). The minimum absolute atomic E-state index is 0.0867. The highest BCUT2D eigenvalue weighted by atomic mass is 35.5. The molecule has 2 saturated heterocycles. The van der Waals surface area contributed by atoms with Gasteiger partial charge in [0.05, 0.1) is 11.6 Å². The molecule has 6 nitrogen and oxygen atoms in total. The number of piperazine rings is 1. The average molecular weight is 432 g/mol. The molecule has 0 bridgehead atoms. The van der Waals surface area contributed by atoms with Gasteiger partial charge in [-0.2, -0.15) is 4.31 Å². The van der Waals surface area contributed by atoms with Crippen molar-refractivity contribution in [2.75, 3.05) is 45.8 Å². The number of hydrogen-bond donors (Lipinski definition) is 0. The Labute approximate surface area is 171 Å². The van der Waals surface area contributed by atoms with E-state index in [1.165, 1.54) is 10.4 Å². The van der Waals surface area contributed by atoms with Crippen molar-refractivity contribution in [1.29, 1.82) is 0 Å². The van der Waals surface area contributed by atoms with Crippen LogP contribution in [0.2, 0.25) is 5.02 Å². The standard InChI is InChI=1S/C19H27ClFN3O3S/c1-14-9-15(2)12-23(11-14)19(25)13-22-5-7-24(8-6-22)28(26,27)18-4-3-16(21)10-17(18)20/h3-4,10,14-15H,5-9,11-13H2,1-2H3/t14-,15+. The summed E-state index contributed by atoms with van der Waals surface area (Å²) in [5.41, 5.74) is 0. The molecule has 1 aromatic carbocycles. The summed E-state index contributed by atoms with van der Waals surface area (Å²) in [5, 5.41) is -0.119. The maximum Gasteiger partial charge on any atom is 0.244 e. The van der Waals surface area contributed by atoms with Crippen LogP contribution in [0.3, 0.4) is 0 Å². The molecule has 0 spiro atoms. The van der Waals surface area contributed by atoms with Crippen molar-refractivity contribution < 1.29 is 17.6 Å². The second-order valence-electron chi connectivity index (χ2n) is 8.00. The molecule has 28 heavy (non-hydrogen) atoms. The van der Waals surface area contributed by atoms with Gasteiger partial charge in [-0.05, 0) is 36.5 Å². The molecule has 0 radical (unpaired) electrons. The zero-order valence-corrected chi connectivity index (χ0v) is 17.8. The van der Waals surface area contributed by atoms with Crippen LogP contribution in [0.4, 0.5) is 4.39 Å². The maximum absolute atomic E-state index is 13.2. The molecule has 0 N–H and O–H groups in total. The van der Waals surface area contributed by atoms with Crippen LogP contribution in [0.25, 0.3) is 0 Å². The molecule has 156 valence electrons. The number of halogens is 2. The average Bonchev–Trinajstić information content (AvgIpc) is 2.61. The number of nitrogens with zero attached hydrogens (tertiary/aromatic N) is 3. The summed E-state index contributed by atoms with van der Waals surface area (Å²) in [6.07, 6.45) is 1.15.